The van der Waals surface area contributed by atoms with Crippen molar-refractivity contribution in [3.63, 3.8) is 0 Å². The van der Waals surface area contributed by atoms with E-state index in [9.17, 15) is 0 Å². The molecule has 0 aliphatic heterocycles. The second-order valence-electron chi connectivity index (χ2n) is 2.83. The minimum absolute atomic E-state index is 0. The molecule has 0 atom stereocenters. The molecule has 0 aromatic heterocycles. The molecule has 0 heterocycles. The second-order valence-corrected chi connectivity index (χ2v) is 3.45. The molecule has 0 aliphatic rings. The van der Waals surface area contributed by atoms with Crippen LogP contribution in [0.15, 0.2) is 0 Å². The molecular weight excluding hydrogens is 344 g/mol. The SMILES string of the molecule is C[N+](C)(C)CCOI.[I-]. The summed E-state index contributed by atoms with van der Waals surface area (Å²) >= 11 is 1.92. The Bertz CT molecular complexity index is 62.5. The van der Waals surface area contributed by atoms with Crippen LogP contribution in [-0.2, 0) is 3.07 Å². The summed E-state index contributed by atoms with van der Waals surface area (Å²) in [5.74, 6) is 0. The van der Waals surface area contributed by atoms with Crippen molar-refractivity contribution in [2.24, 2.45) is 0 Å². The Balaban J connectivity index is 0. The highest BCUT2D eigenvalue weighted by molar-refractivity contribution is 14.1. The quantitative estimate of drug-likeness (QED) is 0.422. The van der Waals surface area contributed by atoms with E-state index >= 15 is 0 Å². The maximum Gasteiger partial charge on any atom is 0.109 e. The van der Waals surface area contributed by atoms with Crippen molar-refractivity contribution in [2.45, 2.75) is 0 Å². The summed E-state index contributed by atoms with van der Waals surface area (Å²) in [5, 5.41) is 0. The Morgan fingerprint density at radius 3 is 1.89 bits per heavy atom. The molecule has 0 rings (SSSR count). The van der Waals surface area contributed by atoms with Gasteiger partial charge in [-0.3, -0.25) is 0 Å². The van der Waals surface area contributed by atoms with E-state index in [1.165, 1.54) is 0 Å². The van der Waals surface area contributed by atoms with Crippen molar-refractivity contribution < 1.29 is 31.5 Å². The molecule has 0 saturated carbocycles. The average Bonchev–Trinajstić information content (AvgIpc) is 1.59. The normalized spacial score (nSPS) is 10.7. The van der Waals surface area contributed by atoms with Crippen LogP contribution >= 0.6 is 23.0 Å². The predicted octanol–water partition coefficient (Wildman–Crippen LogP) is -1.94. The highest BCUT2D eigenvalue weighted by Crippen LogP contribution is 1.91. The Labute approximate surface area is 88.2 Å². The van der Waals surface area contributed by atoms with Crippen LogP contribution in [0, 0.1) is 0 Å². The Hall–Kier alpha value is 1.38. The summed E-state index contributed by atoms with van der Waals surface area (Å²) in [6.07, 6.45) is 0. The van der Waals surface area contributed by atoms with E-state index in [1.807, 2.05) is 23.0 Å². The van der Waals surface area contributed by atoms with Crippen molar-refractivity contribution in [1.82, 2.24) is 0 Å². The molecular formula is C5H13I2NO. The van der Waals surface area contributed by atoms with Crippen LogP contribution in [0.2, 0.25) is 0 Å². The van der Waals surface area contributed by atoms with Crippen molar-refractivity contribution in [2.75, 3.05) is 34.3 Å². The van der Waals surface area contributed by atoms with Gasteiger partial charge >= 0.3 is 0 Å². The zero-order valence-electron chi connectivity index (χ0n) is 6.03. The first kappa shape index (κ1) is 13.0. The largest absolute Gasteiger partial charge is 1.00 e. The second kappa shape index (κ2) is 6.11. The molecule has 0 unspecified atom stereocenters. The van der Waals surface area contributed by atoms with Gasteiger partial charge in [0.25, 0.3) is 0 Å². The molecule has 0 saturated heterocycles. The third-order valence-electron chi connectivity index (χ3n) is 0.839. The molecule has 0 bridgehead atoms. The zero-order chi connectivity index (χ0) is 6.62. The van der Waals surface area contributed by atoms with Gasteiger partial charge < -0.3 is 31.5 Å². The number of nitrogens with zero attached hydrogens (tertiary/aromatic N) is 1. The predicted molar refractivity (Wildman–Crippen MR) is 42.9 cm³/mol. The third kappa shape index (κ3) is 12.6. The van der Waals surface area contributed by atoms with Crippen LogP contribution in [0.1, 0.15) is 0 Å². The summed E-state index contributed by atoms with van der Waals surface area (Å²) < 4.78 is 5.85. The lowest BCUT2D eigenvalue weighted by atomic mass is 10.5. The molecule has 0 aromatic carbocycles. The first-order valence-corrected chi connectivity index (χ1v) is 3.48. The first-order valence-electron chi connectivity index (χ1n) is 2.60. The Morgan fingerprint density at radius 2 is 1.78 bits per heavy atom. The molecule has 0 aliphatic carbocycles. The van der Waals surface area contributed by atoms with Crippen molar-refractivity contribution in [3.8, 4) is 0 Å². The van der Waals surface area contributed by atoms with Gasteiger partial charge in [-0.25, -0.2) is 0 Å². The van der Waals surface area contributed by atoms with E-state index in [2.05, 4.69) is 21.1 Å². The van der Waals surface area contributed by atoms with Gasteiger partial charge in [0.15, 0.2) is 0 Å². The molecule has 2 nitrogen and oxygen atoms in total. The lowest BCUT2D eigenvalue weighted by molar-refractivity contribution is -0.870. The summed E-state index contributed by atoms with van der Waals surface area (Å²) in [6.45, 7) is 1.91. The molecule has 9 heavy (non-hydrogen) atoms. The van der Waals surface area contributed by atoms with Crippen LogP contribution in [-0.4, -0.2) is 38.8 Å². The van der Waals surface area contributed by atoms with Crippen LogP contribution in [0.3, 0.4) is 0 Å². The number of likely N-dealkylation sites (N-methyl/N-ethyl adjacent to an activating group) is 1. The van der Waals surface area contributed by atoms with Crippen molar-refractivity contribution in [3.05, 3.63) is 0 Å². The summed E-state index contributed by atoms with van der Waals surface area (Å²) in [4.78, 5) is 0. The van der Waals surface area contributed by atoms with Crippen molar-refractivity contribution >= 4 is 23.0 Å². The topological polar surface area (TPSA) is 9.23 Å². The van der Waals surface area contributed by atoms with E-state index in [4.69, 9.17) is 3.07 Å². The fourth-order valence-electron chi connectivity index (χ4n) is 0.308. The highest BCUT2D eigenvalue weighted by atomic mass is 127. The Morgan fingerprint density at radius 1 is 1.33 bits per heavy atom. The molecule has 0 N–H and O–H groups in total. The minimum Gasteiger partial charge on any atom is -1.00 e. The fourth-order valence-corrected chi connectivity index (χ4v) is 0.505. The molecule has 0 radical (unpaired) electrons. The zero-order valence-corrected chi connectivity index (χ0v) is 10.3. The summed E-state index contributed by atoms with van der Waals surface area (Å²) in [5.41, 5.74) is 0. The summed E-state index contributed by atoms with van der Waals surface area (Å²) in [6, 6.07) is 0. The number of rotatable bonds is 3. The fraction of sp³-hybridized carbons (Fsp3) is 1.00. The molecule has 0 spiro atoms. The van der Waals surface area contributed by atoms with Crippen LogP contribution in [0.5, 0.6) is 0 Å². The highest BCUT2D eigenvalue weighted by Gasteiger charge is 2.04. The van der Waals surface area contributed by atoms with E-state index < -0.39 is 0 Å². The lowest BCUT2D eigenvalue weighted by Gasteiger charge is -2.22. The maximum atomic E-state index is 4.87. The minimum atomic E-state index is 0. The number of hydrogen-bond acceptors (Lipinski definition) is 1. The summed E-state index contributed by atoms with van der Waals surface area (Å²) in [7, 11) is 6.45. The monoisotopic (exact) mass is 357 g/mol. The molecule has 58 valence electrons. The van der Waals surface area contributed by atoms with E-state index in [0.29, 0.717) is 0 Å². The van der Waals surface area contributed by atoms with Gasteiger partial charge in [0.2, 0.25) is 0 Å². The Kier molecular flexibility index (Phi) is 8.83. The van der Waals surface area contributed by atoms with Gasteiger partial charge in [0.1, 0.15) is 36.2 Å². The van der Waals surface area contributed by atoms with E-state index in [0.717, 1.165) is 17.6 Å². The van der Waals surface area contributed by atoms with Gasteiger partial charge in [-0.2, -0.15) is 0 Å². The van der Waals surface area contributed by atoms with Gasteiger partial charge in [-0.1, -0.05) is 0 Å². The average molecular weight is 357 g/mol. The van der Waals surface area contributed by atoms with Gasteiger partial charge in [-0.05, 0) is 0 Å². The number of quaternary nitrogens is 1. The van der Waals surface area contributed by atoms with Gasteiger partial charge in [-0.15, -0.1) is 0 Å². The first-order chi connectivity index (χ1) is 3.56. The van der Waals surface area contributed by atoms with E-state index in [-0.39, 0.29) is 24.0 Å². The van der Waals surface area contributed by atoms with Gasteiger partial charge in [0.05, 0.1) is 21.1 Å². The lowest BCUT2D eigenvalue weighted by Crippen LogP contribution is -3.00. The van der Waals surface area contributed by atoms with Crippen LogP contribution in [0.4, 0.5) is 0 Å². The van der Waals surface area contributed by atoms with Crippen LogP contribution in [0.25, 0.3) is 0 Å². The number of halogens is 2. The van der Waals surface area contributed by atoms with Crippen LogP contribution < -0.4 is 24.0 Å². The standard InChI is InChI=1S/C5H13INO.HI/c1-7(2,3)4-5-8-6;/h4-5H2,1-3H3;1H/q+1;/p-1. The van der Waals surface area contributed by atoms with Crippen molar-refractivity contribution in [1.29, 1.82) is 0 Å². The smallest absolute Gasteiger partial charge is 0.109 e. The molecule has 0 aromatic rings. The van der Waals surface area contributed by atoms with E-state index in [1.54, 1.807) is 0 Å². The molecule has 0 fully saturated rings. The number of hydrogen-bond donors (Lipinski definition) is 0. The van der Waals surface area contributed by atoms with Gasteiger partial charge in [0, 0.05) is 0 Å². The maximum absolute atomic E-state index is 4.87. The molecule has 4 heteroatoms. The molecule has 0 amide bonds. The third-order valence-corrected chi connectivity index (χ3v) is 1.28.